The van der Waals surface area contributed by atoms with Crippen LogP contribution in [0.15, 0.2) is 72.8 Å². The van der Waals surface area contributed by atoms with Crippen LogP contribution in [0.5, 0.6) is 11.5 Å². The van der Waals surface area contributed by atoms with Crippen molar-refractivity contribution in [3.05, 3.63) is 95.1 Å². The maximum Gasteiger partial charge on any atom is 0.127 e. The summed E-state index contributed by atoms with van der Waals surface area (Å²) in [6, 6.07) is 25.3. The monoisotopic (exact) mass is 488 g/mol. The summed E-state index contributed by atoms with van der Waals surface area (Å²) in [6.07, 6.45) is 1.83. The third-order valence-electron chi connectivity index (χ3n) is 6.98. The molecule has 4 heteroatoms. The van der Waals surface area contributed by atoms with Gasteiger partial charge in [0, 0.05) is 24.0 Å². The molecule has 1 saturated heterocycles. The number of rotatable bonds is 11. The molecule has 0 N–H and O–H groups in total. The van der Waals surface area contributed by atoms with Crippen LogP contribution in [0.1, 0.15) is 56.9 Å². The fourth-order valence-electron chi connectivity index (χ4n) is 5.30. The molecule has 0 aromatic heterocycles. The number of ether oxygens (including phenoxy) is 4. The van der Waals surface area contributed by atoms with Gasteiger partial charge in [-0.25, -0.2) is 0 Å². The Labute approximate surface area is 216 Å². The Morgan fingerprint density at radius 1 is 0.861 bits per heavy atom. The van der Waals surface area contributed by atoms with Gasteiger partial charge >= 0.3 is 0 Å². The Morgan fingerprint density at radius 2 is 1.39 bits per heavy atom. The van der Waals surface area contributed by atoms with E-state index >= 15 is 0 Å². The molecule has 36 heavy (non-hydrogen) atoms. The third kappa shape index (κ3) is 6.29. The first kappa shape index (κ1) is 26.2. The standard InChI is InChI=1S/C32H40O4/c1-22(2)34-21-29-30(23(3)35-29)32(4,5)36-31-26(17-24-13-9-7-10-14-24)19-28(33-6)20-27(31)18-25-15-11-8-12-16-25/h7-16,19-20,22-23,29-30H,17-18,21H2,1-6H3. The average molecular weight is 489 g/mol. The maximum atomic E-state index is 7.03. The van der Waals surface area contributed by atoms with E-state index in [1.165, 1.54) is 11.1 Å². The molecule has 3 aromatic rings. The van der Waals surface area contributed by atoms with Gasteiger partial charge in [-0.15, -0.1) is 0 Å². The van der Waals surface area contributed by atoms with Crippen molar-refractivity contribution in [2.45, 2.75) is 71.4 Å². The molecule has 3 unspecified atom stereocenters. The van der Waals surface area contributed by atoms with Crippen molar-refractivity contribution < 1.29 is 18.9 Å². The first-order valence-corrected chi connectivity index (χ1v) is 13.0. The highest BCUT2D eigenvalue weighted by molar-refractivity contribution is 5.51. The van der Waals surface area contributed by atoms with Gasteiger partial charge in [0.25, 0.3) is 0 Å². The normalized spacial score (nSPS) is 19.7. The van der Waals surface area contributed by atoms with Crippen LogP contribution in [0.2, 0.25) is 0 Å². The third-order valence-corrected chi connectivity index (χ3v) is 6.98. The van der Waals surface area contributed by atoms with Gasteiger partial charge < -0.3 is 18.9 Å². The first-order chi connectivity index (χ1) is 17.3. The van der Waals surface area contributed by atoms with Crippen molar-refractivity contribution in [2.75, 3.05) is 13.7 Å². The highest BCUT2D eigenvalue weighted by Gasteiger charge is 2.50. The molecule has 0 bridgehead atoms. The van der Waals surface area contributed by atoms with Crippen molar-refractivity contribution in [3.63, 3.8) is 0 Å². The molecule has 192 valence electrons. The quantitative estimate of drug-likeness (QED) is 0.295. The lowest BCUT2D eigenvalue weighted by atomic mass is 9.77. The van der Waals surface area contributed by atoms with Gasteiger partial charge in [-0.2, -0.15) is 0 Å². The summed E-state index contributed by atoms with van der Waals surface area (Å²) in [5.41, 5.74) is 4.28. The second kappa shape index (κ2) is 11.5. The topological polar surface area (TPSA) is 36.9 Å². The average Bonchev–Trinajstić information content (AvgIpc) is 2.84. The van der Waals surface area contributed by atoms with Gasteiger partial charge in [-0.3, -0.25) is 0 Å². The van der Waals surface area contributed by atoms with Crippen LogP contribution >= 0.6 is 0 Å². The van der Waals surface area contributed by atoms with E-state index in [2.05, 4.69) is 95.3 Å². The second-order valence-corrected chi connectivity index (χ2v) is 10.6. The predicted molar refractivity (Wildman–Crippen MR) is 145 cm³/mol. The Balaban J connectivity index is 1.71. The molecule has 4 nitrogen and oxygen atoms in total. The summed E-state index contributed by atoms with van der Waals surface area (Å²) < 4.78 is 24.8. The molecule has 1 aliphatic heterocycles. The summed E-state index contributed by atoms with van der Waals surface area (Å²) in [7, 11) is 1.73. The molecule has 0 radical (unpaired) electrons. The van der Waals surface area contributed by atoms with Crippen molar-refractivity contribution in [1.29, 1.82) is 0 Å². The largest absolute Gasteiger partial charge is 0.497 e. The summed E-state index contributed by atoms with van der Waals surface area (Å²) in [4.78, 5) is 0. The highest BCUT2D eigenvalue weighted by Crippen LogP contribution is 2.43. The molecule has 3 aromatic carbocycles. The Bertz CT molecular complexity index is 1050. The van der Waals surface area contributed by atoms with Gasteiger partial charge in [0.05, 0.1) is 37.9 Å². The van der Waals surface area contributed by atoms with Gasteiger partial charge in [-0.05, 0) is 57.9 Å². The number of hydrogen-bond donors (Lipinski definition) is 0. The molecular formula is C32H40O4. The summed E-state index contributed by atoms with van der Waals surface area (Å²) >= 11 is 0. The zero-order valence-electron chi connectivity index (χ0n) is 22.5. The number of methoxy groups -OCH3 is 1. The van der Waals surface area contributed by atoms with E-state index in [4.69, 9.17) is 18.9 Å². The lowest BCUT2D eigenvalue weighted by Gasteiger charge is -2.51. The maximum absolute atomic E-state index is 7.03. The SMILES string of the molecule is COc1cc(Cc2ccccc2)c(OC(C)(C)C2C(C)OC2COC(C)C)c(Cc2ccccc2)c1. The van der Waals surface area contributed by atoms with E-state index in [1.807, 2.05) is 12.1 Å². The molecule has 1 heterocycles. The molecule has 1 fully saturated rings. The van der Waals surface area contributed by atoms with Crippen LogP contribution in [0.25, 0.3) is 0 Å². The first-order valence-electron chi connectivity index (χ1n) is 13.0. The lowest BCUT2D eigenvalue weighted by molar-refractivity contribution is -0.245. The Hall–Kier alpha value is -2.82. The van der Waals surface area contributed by atoms with Gasteiger partial charge in [0.1, 0.15) is 17.1 Å². The minimum absolute atomic E-state index is 0.0193. The van der Waals surface area contributed by atoms with Crippen LogP contribution in [0, 0.1) is 5.92 Å². The van der Waals surface area contributed by atoms with Crippen LogP contribution < -0.4 is 9.47 Å². The zero-order chi connectivity index (χ0) is 25.7. The van der Waals surface area contributed by atoms with Crippen molar-refractivity contribution >= 4 is 0 Å². The van der Waals surface area contributed by atoms with E-state index in [1.54, 1.807) is 7.11 Å². The summed E-state index contributed by atoms with van der Waals surface area (Å²) in [6.45, 7) is 11.2. The van der Waals surface area contributed by atoms with E-state index in [0.717, 1.165) is 35.5 Å². The van der Waals surface area contributed by atoms with Crippen LogP contribution in [0.3, 0.4) is 0 Å². The van der Waals surface area contributed by atoms with Gasteiger partial charge in [-0.1, -0.05) is 60.7 Å². The van der Waals surface area contributed by atoms with Crippen LogP contribution in [-0.2, 0) is 22.3 Å². The minimum Gasteiger partial charge on any atom is -0.497 e. The number of hydrogen-bond acceptors (Lipinski definition) is 4. The van der Waals surface area contributed by atoms with Gasteiger partial charge in [0.15, 0.2) is 0 Å². The molecule has 0 amide bonds. The molecule has 4 rings (SSSR count). The molecule has 0 spiro atoms. The fraction of sp³-hybridized carbons (Fsp3) is 0.438. The summed E-state index contributed by atoms with van der Waals surface area (Å²) in [5.74, 6) is 2.00. The second-order valence-electron chi connectivity index (χ2n) is 10.6. The fourth-order valence-corrected chi connectivity index (χ4v) is 5.30. The van der Waals surface area contributed by atoms with E-state index in [-0.39, 0.29) is 24.2 Å². The van der Waals surface area contributed by atoms with Crippen LogP contribution in [-0.4, -0.2) is 37.6 Å². The molecule has 0 aliphatic carbocycles. The Kier molecular flexibility index (Phi) is 8.38. The summed E-state index contributed by atoms with van der Waals surface area (Å²) in [5, 5.41) is 0. The van der Waals surface area contributed by atoms with Crippen molar-refractivity contribution in [2.24, 2.45) is 5.92 Å². The molecule has 1 aliphatic rings. The van der Waals surface area contributed by atoms with Crippen molar-refractivity contribution in [3.8, 4) is 11.5 Å². The van der Waals surface area contributed by atoms with E-state index < -0.39 is 5.60 Å². The van der Waals surface area contributed by atoms with Crippen LogP contribution in [0.4, 0.5) is 0 Å². The molecule has 0 saturated carbocycles. The lowest BCUT2D eigenvalue weighted by Crippen LogP contribution is -2.61. The minimum atomic E-state index is -0.450. The molecule has 3 atom stereocenters. The van der Waals surface area contributed by atoms with Gasteiger partial charge in [0.2, 0.25) is 0 Å². The van der Waals surface area contributed by atoms with E-state index in [9.17, 15) is 0 Å². The Morgan fingerprint density at radius 3 is 1.83 bits per heavy atom. The van der Waals surface area contributed by atoms with Crippen molar-refractivity contribution in [1.82, 2.24) is 0 Å². The van der Waals surface area contributed by atoms with E-state index in [0.29, 0.717) is 6.61 Å². The molecular weight excluding hydrogens is 448 g/mol. The zero-order valence-corrected chi connectivity index (χ0v) is 22.5. The number of benzene rings is 3. The highest BCUT2D eigenvalue weighted by atomic mass is 16.6. The smallest absolute Gasteiger partial charge is 0.127 e. The predicted octanol–water partition coefficient (Wildman–Crippen LogP) is 6.86.